The summed E-state index contributed by atoms with van der Waals surface area (Å²) >= 11 is 7.69. The molecule has 2 heterocycles. The van der Waals surface area contributed by atoms with Gasteiger partial charge in [0.2, 0.25) is 0 Å². The average Bonchev–Trinajstić information content (AvgIpc) is 2.89. The van der Waals surface area contributed by atoms with Gasteiger partial charge in [0.05, 0.1) is 27.0 Å². The van der Waals surface area contributed by atoms with Gasteiger partial charge in [0, 0.05) is 6.20 Å². The van der Waals surface area contributed by atoms with Crippen molar-refractivity contribution in [3.8, 4) is 0 Å². The monoisotopic (exact) mass is 306 g/mol. The zero-order valence-electron chi connectivity index (χ0n) is 10.7. The Bertz CT molecular complexity index is 756. The van der Waals surface area contributed by atoms with Gasteiger partial charge in [-0.2, -0.15) is 0 Å². The number of fused-ring (bicyclic) bond motifs is 1. The second-order valence-electron chi connectivity index (χ2n) is 4.56. The highest BCUT2D eigenvalue weighted by Crippen LogP contribution is 2.28. The van der Waals surface area contributed by atoms with Crippen molar-refractivity contribution in [1.82, 2.24) is 4.98 Å². The van der Waals surface area contributed by atoms with Gasteiger partial charge in [0.15, 0.2) is 0 Å². The molecule has 3 rings (SSSR count). The molecular formula is C15H12ClFN2S. The highest BCUT2D eigenvalue weighted by atomic mass is 35.5. The Labute approximate surface area is 125 Å². The van der Waals surface area contributed by atoms with E-state index >= 15 is 0 Å². The van der Waals surface area contributed by atoms with Gasteiger partial charge in [-0.3, -0.25) is 4.98 Å². The van der Waals surface area contributed by atoms with E-state index in [0.717, 1.165) is 15.8 Å². The van der Waals surface area contributed by atoms with Crippen LogP contribution in [0.3, 0.4) is 0 Å². The van der Waals surface area contributed by atoms with Crippen molar-refractivity contribution in [2.75, 3.05) is 5.32 Å². The van der Waals surface area contributed by atoms with E-state index in [-0.39, 0.29) is 11.9 Å². The van der Waals surface area contributed by atoms with Gasteiger partial charge in [-0.05, 0) is 48.2 Å². The second kappa shape index (κ2) is 5.38. The molecule has 0 fully saturated rings. The van der Waals surface area contributed by atoms with Crippen LogP contribution in [0.25, 0.3) is 10.2 Å². The van der Waals surface area contributed by atoms with E-state index in [1.165, 1.54) is 12.1 Å². The van der Waals surface area contributed by atoms with Crippen LogP contribution in [0.2, 0.25) is 5.02 Å². The number of pyridine rings is 1. The van der Waals surface area contributed by atoms with E-state index in [4.69, 9.17) is 11.6 Å². The van der Waals surface area contributed by atoms with Crippen LogP contribution in [-0.4, -0.2) is 4.98 Å². The van der Waals surface area contributed by atoms with Gasteiger partial charge < -0.3 is 5.32 Å². The van der Waals surface area contributed by atoms with E-state index < -0.39 is 0 Å². The number of hydrogen-bond donors (Lipinski definition) is 1. The van der Waals surface area contributed by atoms with Crippen LogP contribution in [0, 0.1) is 5.82 Å². The van der Waals surface area contributed by atoms with Crippen LogP contribution in [-0.2, 0) is 0 Å². The molecule has 0 radical (unpaired) electrons. The molecule has 0 aliphatic heterocycles. The molecule has 0 saturated heterocycles. The first-order valence-corrected chi connectivity index (χ1v) is 7.44. The topological polar surface area (TPSA) is 24.9 Å². The molecule has 0 aliphatic carbocycles. The average molecular weight is 307 g/mol. The van der Waals surface area contributed by atoms with Gasteiger partial charge in [-0.25, -0.2) is 4.39 Å². The molecule has 2 nitrogen and oxygen atoms in total. The molecule has 20 heavy (non-hydrogen) atoms. The molecule has 2 aromatic heterocycles. The molecule has 1 atom stereocenters. The molecule has 0 spiro atoms. The van der Waals surface area contributed by atoms with Gasteiger partial charge in [0.25, 0.3) is 0 Å². The minimum absolute atomic E-state index is 0.0389. The number of halogens is 2. The van der Waals surface area contributed by atoms with Crippen LogP contribution in [0.15, 0.2) is 41.9 Å². The molecule has 102 valence electrons. The van der Waals surface area contributed by atoms with Crippen molar-refractivity contribution in [1.29, 1.82) is 0 Å². The molecular weight excluding hydrogens is 295 g/mol. The number of anilines is 1. The van der Waals surface area contributed by atoms with Gasteiger partial charge in [-0.1, -0.05) is 11.6 Å². The molecule has 0 bridgehead atoms. The van der Waals surface area contributed by atoms with Crippen LogP contribution in [0.5, 0.6) is 0 Å². The zero-order valence-corrected chi connectivity index (χ0v) is 12.3. The number of aromatic nitrogens is 1. The SMILES string of the molecule is CC(Nc1ccc(F)cc1Cl)c1cnc2ccsc2c1. The quantitative estimate of drug-likeness (QED) is 0.713. The molecule has 5 heteroatoms. The van der Waals surface area contributed by atoms with Crippen molar-refractivity contribution in [2.45, 2.75) is 13.0 Å². The van der Waals surface area contributed by atoms with Gasteiger partial charge in [0.1, 0.15) is 5.82 Å². The fourth-order valence-corrected chi connectivity index (χ4v) is 3.03. The molecule has 3 aromatic rings. The summed E-state index contributed by atoms with van der Waals surface area (Å²) in [5.74, 6) is -0.338. The predicted molar refractivity (Wildman–Crippen MR) is 83.1 cm³/mol. The van der Waals surface area contributed by atoms with E-state index in [2.05, 4.69) is 16.4 Å². The lowest BCUT2D eigenvalue weighted by Gasteiger charge is -2.16. The number of thiophene rings is 1. The van der Waals surface area contributed by atoms with Crippen LogP contribution >= 0.6 is 22.9 Å². The number of benzene rings is 1. The van der Waals surface area contributed by atoms with Crippen molar-refractivity contribution in [3.63, 3.8) is 0 Å². The summed E-state index contributed by atoms with van der Waals surface area (Å²) in [6.07, 6.45) is 1.85. The number of hydrogen-bond acceptors (Lipinski definition) is 3. The lowest BCUT2D eigenvalue weighted by atomic mass is 10.1. The predicted octanol–water partition coefficient (Wildman–Crippen LogP) is 5.26. The zero-order chi connectivity index (χ0) is 14.1. The largest absolute Gasteiger partial charge is 0.377 e. The first-order chi connectivity index (χ1) is 9.63. The third-order valence-electron chi connectivity index (χ3n) is 3.13. The number of nitrogens with one attached hydrogen (secondary N) is 1. The summed E-state index contributed by atoms with van der Waals surface area (Å²) < 4.78 is 14.2. The van der Waals surface area contributed by atoms with Crippen LogP contribution in [0.4, 0.5) is 10.1 Å². The summed E-state index contributed by atoms with van der Waals surface area (Å²) in [6, 6.07) is 8.49. The molecule has 0 amide bonds. The molecule has 0 aliphatic rings. The Balaban J connectivity index is 1.86. The maximum absolute atomic E-state index is 13.0. The van der Waals surface area contributed by atoms with Crippen molar-refractivity contribution >= 4 is 38.8 Å². The molecule has 1 N–H and O–H groups in total. The first kappa shape index (κ1) is 13.3. The maximum Gasteiger partial charge on any atom is 0.124 e. The summed E-state index contributed by atoms with van der Waals surface area (Å²) in [7, 11) is 0. The Hall–Kier alpha value is -1.65. The van der Waals surface area contributed by atoms with Crippen LogP contribution < -0.4 is 5.32 Å². The third-order valence-corrected chi connectivity index (χ3v) is 4.29. The number of nitrogens with zero attached hydrogens (tertiary/aromatic N) is 1. The molecule has 1 unspecified atom stereocenters. The summed E-state index contributed by atoms with van der Waals surface area (Å²) in [4.78, 5) is 4.42. The van der Waals surface area contributed by atoms with E-state index in [0.29, 0.717) is 10.7 Å². The molecule has 1 aromatic carbocycles. The van der Waals surface area contributed by atoms with Crippen LogP contribution in [0.1, 0.15) is 18.5 Å². The summed E-state index contributed by atoms with van der Waals surface area (Å²) in [5.41, 5.74) is 2.79. The lowest BCUT2D eigenvalue weighted by molar-refractivity contribution is 0.628. The number of rotatable bonds is 3. The summed E-state index contributed by atoms with van der Waals surface area (Å²) in [5, 5.41) is 5.68. The highest BCUT2D eigenvalue weighted by molar-refractivity contribution is 7.17. The molecule has 0 saturated carbocycles. The smallest absolute Gasteiger partial charge is 0.124 e. The Morgan fingerprint density at radius 3 is 2.95 bits per heavy atom. The normalized spacial score (nSPS) is 12.6. The lowest BCUT2D eigenvalue weighted by Crippen LogP contribution is -2.07. The minimum Gasteiger partial charge on any atom is -0.377 e. The first-order valence-electron chi connectivity index (χ1n) is 6.18. The maximum atomic E-state index is 13.0. The second-order valence-corrected chi connectivity index (χ2v) is 5.92. The van der Waals surface area contributed by atoms with Crippen molar-refractivity contribution < 1.29 is 4.39 Å². The van der Waals surface area contributed by atoms with E-state index in [1.807, 2.05) is 24.6 Å². The van der Waals surface area contributed by atoms with E-state index in [9.17, 15) is 4.39 Å². The van der Waals surface area contributed by atoms with Crippen molar-refractivity contribution in [2.24, 2.45) is 0 Å². The fourth-order valence-electron chi connectivity index (χ4n) is 2.02. The Kier molecular flexibility index (Phi) is 3.59. The third kappa shape index (κ3) is 2.62. The Morgan fingerprint density at radius 1 is 1.30 bits per heavy atom. The van der Waals surface area contributed by atoms with Crippen molar-refractivity contribution in [3.05, 3.63) is 58.3 Å². The van der Waals surface area contributed by atoms with Gasteiger partial charge >= 0.3 is 0 Å². The summed E-state index contributed by atoms with van der Waals surface area (Å²) in [6.45, 7) is 2.02. The fraction of sp³-hybridized carbons (Fsp3) is 0.133. The minimum atomic E-state index is -0.338. The highest BCUT2D eigenvalue weighted by Gasteiger charge is 2.10. The van der Waals surface area contributed by atoms with E-state index in [1.54, 1.807) is 17.4 Å². The standard InChI is InChI=1S/C15H12ClFN2S/c1-9(19-13-3-2-11(17)7-12(13)16)10-6-15-14(18-8-10)4-5-20-15/h2-9,19H,1H3. The van der Waals surface area contributed by atoms with Gasteiger partial charge in [-0.15, -0.1) is 11.3 Å². The Morgan fingerprint density at radius 2 is 2.15 bits per heavy atom.